The molecule has 1 saturated heterocycles. The Morgan fingerprint density at radius 3 is 3.00 bits per heavy atom. The zero-order chi connectivity index (χ0) is 11.8. The summed E-state index contributed by atoms with van der Waals surface area (Å²) in [6, 6.07) is 4.59. The lowest BCUT2D eigenvalue weighted by Crippen LogP contribution is -2.36. The van der Waals surface area contributed by atoms with Gasteiger partial charge in [0, 0.05) is 29.6 Å². The van der Waals surface area contributed by atoms with Gasteiger partial charge in [0.05, 0.1) is 0 Å². The van der Waals surface area contributed by atoms with Crippen molar-refractivity contribution in [2.24, 2.45) is 0 Å². The zero-order valence-corrected chi connectivity index (χ0v) is 9.34. The van der Waals surface area contributed by atoms with E-state index < -0.39 is 6.17 Å². The molecule has 1 aliphatic heterocycles. The van der Waals surface area contributed by atoms with E-state index in [-0.39, 0.29) is 11.7 Å². The minimum Gasteiger partial charge on any atom is -0.361 e. The summed E-state index contributed by atoms with van der Waals surface area (Å²) in [5.74, 6) is -0.410. The monoisotopic (exact) mass is 236 g/mol. The van der Waals surface area contributed by atoms with Crippen LogP contribution >= 0.6 is 0 Å². The highest BCUT2D eigenvalue weighted by Gasteiger charge is 2.27. The van der Waals surface area contributed by atoms with Crippen LogP contribution in [0.1, 0.15) is 17.9 Å². The Hall–Kier alpha value is -1.42. The van der Waals surface area contributed by atoms with E-state index >= 15 is 0 Å². The molecule has 0 amide bonds. The van der Waals surface area contributed by atoms with Gasteiger partial charge in [-0.15, -0.1) is 0 Å². The van der Waals surface area contributed by atoms with Gasteiger partial charge in [-0.2, -0.15) is 0 Å². The fourth-order valence-corrected chi connectivity index (χ4v) is 2.56. The van der Waals surface area contributed by atoms with Crippen LogP contribution in [0.5, 0.6) is 0 Å². The van der Waals surface area contributed by atoms with Gasteiger partial charge in [0.15, 0.2) is 0 Å². The van der Waals surface area contributed by atoms with Gasteiger partial charge in [-0.25, -0.2) is 8.78 Å². The number of benzene rings is 1. The predicted octanol–water partition coefficient (Wildman–Crippen LogP) is 2.72. The van der Waals surface area contributed by atoms with Crippen molar-refractivity contribution in [3.8, 4) is 0 Å². The van der Waals surface area contributed by atoms with Gasteiger partial charge in [-0.05, 0) is 36.7 Å². The van der Waals surface area contributed by atoms with Crippen LogP contribution in [0.15, 0.2) is 24.4 Å². The summed E-state index contributed by atoms with van der Waals surface area (Å²) < 4.78 is 26.9. The smallest absolute Gasteiger partial charge is 0.125 e. The molecule has 0 unspecified atom stereocenters. The van der Waals surface area contributed by atoms with E-state index in [0.717, 1.165) is 23.0 Å². The summed E-state index contributed by atoms with van der Waals surface area (Å²) in [4.78, 5) is 3.01. The number of H-pyrrole nitrogens is 1. The van der Waals surface area contributed by atoms with Gasteiger partial charge in [-0.1, -0.05) is 0 Å². The van der Waals surface area contributed by atoms with Crippen LogP contribution in [-0.4, -0.2) is 24.2 Å². The van der Waals surface area contributed by atoms with Gasteiger partial charge in [0.25, 0.3) is 0 Å². The number of nitrogens with one attached hydrogen (secondary N) is 2. The number of piperidine rings is 1. The first kappa shape index (κ1) is 10.7. The molecule has 2 aromatic rings. The fourth-order valence-electron chi connectivity index (χ4n) is 2.56. The SMILES string of the molecule is Fc1ccc2c([C@@H]3CNCC[C@H]3F)c[nH]c2c1. The summed E-state index contributed by atoms with van der Waals surface area (Å²) in [5.41, 5.74) is 1.68. The van der Waals surface area contributed by atoms with Crippen molar-refractivity contribution in [1.82, 2.24) is 10.3 Å². The molecular formula is C13H14F2N2. The second kappa shape index (κ2) is 4.11. The Balaban J connectivity index is 2.05. The summed E-state index contributed by atoms with van der Waals surface area (Å²) >= 11 is 0. The highest BCUT2D eigenvalue weighted by atomic mass is 19.1. The molecule has 1 aromatic heterocycles. The Labute approximate surface area is 98.0 Å². The van der Waals surface area contributed by atoms with Crippen LogP contribution in [0.2, 0.25) is 0 Å². The number of alkyl halides is 1. The summed E-state index contributed by atoms with van der Waals surface area (Å²) in [6.45, 7) is 1.38. The predicted molar refractivity (Wildman–Crippen MR) is 63.4 cm³/mol. The third kappa shape index (κ3) is 1.82. The summed E-state index contributed by atoms with van der Waals surface area (Å²) in [5, 5.41) is 4.12. The van der Waals surface area contributed by atoms with Crippen molar-refractivity contribution in [3.63, 3.8) is 0 Å². The fraction of sp³-hybridized carbons (Fsp3) is 0.385. The molecule has 0 bridgehead atoms. The van der Waals surface area contributed by atoms with E-state index in [0.29, 0.717) is 13.0 Å². The topological polar surface area (TPSA) is 27.8 Å². The molecular weight excluding hydrogens is 222 g/mol. The molecule has 0 saturated carbocycles. The van der Waals surface area contributed by atoms with Crippen molar-refractivity contribution in [2.45, 2.75) is 18.5 Å². The minimum atomic E-state index is -0.819. The molecule has 2 N–H and O–H groups in total. The first-order valence-electron chi connectivity index (χ1n) is 5.87. The van der Waals surface area contributed by atoms with Crippen LogP contribution in [0.4, 0.5) is 8.78 Å². The van der Waals surface area contributed by atoms with Crippen LogP contribution < -0.4 is 5.32 Å². The summed E-state index contributed by atoms with van der Waals surface area (Å²) in [7, 11) is 0. The van der Waals surface area contributed by atoms with E-state index in [1.54, 1.807) is 12.3 Å². The van der Waals surface area contributed by atoms with Gasteiger partial charge >= 0.3 is 0 Å². The molecule has 3 rings (SSSR count). The van der Waals surface area contributed by atoms with Crippen molar-refractivity contribution in [3.05, 3.63) is 35.8 Å². The van der Waals surface area contributed by atoms with Gasteiger partial charge < -0.3 is 10.3 Å². The maximum absolute atomic E-state index is 13.9. The van der Waals surface area contributed by atoms with Gasteiger partial charge in [-0.3, -0.25) is 0 Å². The second-order valence-corrected chi connectivity index (χ2v) is 4.55. The molecule has 2 nitrogen and oxygen atoms in total. The quantitative estimate of drug-likeness (QED) is 0.782. The maximum Gasteiger partial charge on any atom is 0.125 e. The third-order valence-corrected chi connectivity index (χ3v) is 3.47. The van der Waals surface area contributed by atoms with Crippen LogP contribution in [0.3, 0.4) is 0 Å². The molecule has 90 valence electrons. The second-order valence-electron chi connectivity index (χ2n) is 4.55. The van der Waals surface area contributed by atoms with E-state index in [9.17, 15) is 8.78 Å². The highest BCUT2D eigenvalue weighted by molar-refractivity contribution is 5.83. The Bertz CT molecular complexity index is 535. The van der Waals surface area contributed by atoms with Crippen molar-refractivity contribution < 1.29 is 8.78 Å². The Kier molecular flexibility index (Phi) is 2.59. The van der Waals surface area contributed by atoms with Crippen molar-refractivity contribution >= 4 is 10.9 Å². The maximum atomic E-state index is 13.9. The van der Waals surface area contributed by atoms with Gasteiger partial charge in [0.2, 0.25) is 0 Å². The number of hydrogen-bond donors (Lipinski definition) is 2. The lowest BCUT2D eigenvalue weighted by molar-refractivity contribution is 0.229. The largest absolute Gasteiger partial charge is 0.361 e. The average Bonchev–Trinajstić information content (AvgIpc) is 2.72. The minimum absolute atomic E-state index is 0.136. The number of fused-ring (bicyclic) bond motifs is 1. The number of rotatable bonds is 1. The average molecular weight is 236 g/mol. The molecule has 0 radical (unpaired) electrons. The van der Waals surface area contributed by atoms with Crippen molar-refractivity contribution in [1.29, 1.82) is 0 Å². The molecule has 2 atom stereocenters. The molecule has 1 fully saturated rings. The lowest BCUT2D eigenvalue weighted by atomic mass is 9.90. The van der Waals surface area contributed by atoms with E-state index in [1.807, 2.05) is 0 Å². The van der Waals surface area contributed by atoms with Crippen molar-refractivity contribution in [2.75, 3.05) is 13.1 Å². The molecule has 1 aromatic carbocycles. The molecule has 0 aliphatic carbocycles. The number of aromatic amines is 1. The van der Waals surface area contributed by atoms with E-state index in [1.165, 1.54) is 12.1 Å². The molecule has 1 aliphatic rings. The van der Waals surface area contributed by atoms with E-state index in [4.69, 9.17) is 0 Å². The normalized spacial score (nSPS) is 25.3. The zero-order valence-electron chi connectivity index (χ0n) is 9.34. The number of hydrogen-bond acceptors (Lipinski definition) is 1. The van der Waals surface area contributed by atoms with Crippen LogP contribution in [0, 0.1) is 5.82 Å². The van der Waals surface area contributed by atoms with Gasteiger partial charge in [0.1, 0.15) is 12.0 Å². The lowest BCUT2D eigenvalue weighted by Gasteiger charge is -2.26. The third-order valence-electron chi connectivity index (χ3n) is 3.47. The van der Waals surface area contributed by atoms with Crippen LogP contribution in [0.25, 0.3) is 10.9 Å². The van der Waals surface area contributed by atoms with E-state index in [2.05, 4.69) is 10.3 Å². The molecule has 2 heterocycles. The molecule has 4 heteroatoms. The Morgan fingerprint density at radius 1 is 1.29 bits per heavy atom. The standard InChI is InChI=1S/C13H14F2N2/c14-8-1-2-9-10(7-17-13(9)5-8)11-6-16-4-3-12(11)15/h1-2,5,7,11-12,16-17H,3-4,6H2/t11-,12+/m0/s1. The Morgan fingerprint density at radius 2 is 2.18 bits per heavy atom. The highest BCUT2D eigenvalue weighted by Crippen LogP contribution is 2.32. The van der Waals surface area contributed by atoms with Crippen LogP contribution in [-0.2, 0) is 0 Å². The number of aromatic nitrogens is 1. The number of halogens is 2. The molecule has 0 spiro atoms. The molecule has 17 heavy (non-hydrogen) atoms. The first-order chi connectivity index (χ1) is 8.25. The summed E-state index contributed by atoms with van der Waals surface area (Å²) in [6.07, 6.45) is 1.52. The first-order valence-corrected chi connectivity index (χ1v) is 5.87.